The van der Waals surface area contributed by atoms with Gasteiger partial charge in [-0.15, -0.1) is 11.3 Å². The van der Waals surface area contributed by atoms with Crippen LogP contribution in [0.15, 0.2) is 40.5 Å². The fraction of sp³-hybridized carbons (Fsp3) is 0.524. The van der Waals surface area contributed by atoms with Gasteiger partial charge in [0.1, 0.15) is 6.26 Å². The highest BCUT2D eigenvalue weighted by atomic mass is 32.1. The Labute approximate surface area is 163 Å². The molecule has 144 valence electrons. The summed E-state index contributed by atoms with van der Waals surface area (Å²) in [6.07, 6.45) is 9.04. The molecule has 3 heterocycles. The van der Waals surface area contributed by atoms with Gasteiger partial charge in [-0.05, 0) is 49.1 Å². The first kappa shape index (κ1) is 18.3. The number of amides is 2. The van der Waals surface area contributed by atoms with Crippen molar-refractivity contribution < 1.29 is 14.0 Å². The van der Waals surface area contributed by atoms with Gasteiger partial charge in [0.15, 0.2) is 0 Å². The van der Waals surface area contributed by atoms with Crippen molar-refractivity contribution in [3.63, 3.8) is 0 Å². The number of thiophene rings is 1. The summed E-state index contributed by atoms with van der Waals surface area (Å²) in [5.74, 6) is 0.664. The number of furan rings is 1. The molecule has 2 aromatic rings. The lowest BCUT2D eigenvalue weighted by atomic mass is 9.83. The molecule has 1 aliphatic carbocycles. The molecule has 2 fully saturated rings. The molecule has 0 bridgehead atoms. The minimum atomic E-state index is -0.313. The van der Waals surface area contributed by atoms with E-state index in [4.69, 9.17) is 4.42 Å². The van der Waals surface area contributed by atoms with E-state index in [1.165, 1.54) is 17.4 Å². The monoisotopic (exact) mass is 386 g/mol. The third-order valence-electron chi connectivity index (χ3n) is 6.11. The van der Waals surface area contributed by atoms with Crippen LogP contribution in [0.25, 0.3) is 0 Å². The fourth-order valence-corrected chi connectivity index (χ4v) is 5.41. The molecular formula is C21H26N2O3S. The Bertz CT molecular complexity index is 755. The van der Waals surface area contributed by atoms with Crippen LogP contribution < -0.4 is 5.32 Å². The van der Waals surface area contributed by atoms with Crippen molar-refractivity contribution in [2.24, 2.45) is 5.92 Å². The Balaban J connectivity index is 1.30. The van der Waals surface area contributed by atoms with Crippen molar-refractivity contribution in [2.75, 3.05) is 19.6 Å². The lowest BCUT2D eigenvalue weighted by Gasteiger charge is -2.33. The predicted octanol–water partition coefficient (Wildman–Crippen LogP) is 3.82. The van der Waals surface area contributed by atoms with E-state index < -0.39 is 0 Å². The molecule has 0 unspecified atom stereocenters. The van der Waals surface area contributed by atoms with E-state index >= 15 is 0 Å². The molecular weight excluding hydrogens is 360 g/mol. The number of carbonyl (C=O) groups excluding carboxylic acids is 2. The van der Waals surface area contributed by atoms with Gasteiger partial charge in [0.25, 0.3) is 5.91 Å². The molecule has 1 N–H and O–H groups in total. The van der Waals surface area contributed by atoms with Crippen LogP contribution in [0.5, 0.6) is 0 Å². The number of rotatable bonds is 5. The van der Waals surface area contributed by atoms with E-state index in [1.807, 2.05) is 11.0 Å². The normalized spacial score (nSPS) is 19.9. The molecule has 1 aliphatic heterocycles. The molecule has 0 atom stereocenters. The smallest absolute Gasteiger partial charge is 0.257 e. The number of hydrogen-bond donors (Lipinski definition) is 1. The van der Waals surface area contributed by atoms with Crippen LogP contribution >= 0.6 is 11.3 Å². The average Bonchev–Trinajstić information content (AvgIpc) is 3.47. The Kier molecular flexibility index (Phi) is 5.34. The number of likely N-dealkylation sites (tertiary alicyclic amines) is 1. The summed E-state index contributed by atoms with van der Waals surface area (Å²) in [6.45, 7) is 2.18. The van der Waals surface area contributed by atoms with E-state index in [0.717, 1.165) is 51.6 Å². The van der Waals surface area contributed by atoms with Gasteiger partial charge in [-0.1, -0.05) is 18.9 Å². The zero-order valence-electron chi connectivity index (χ0n) is 15.5. The first-order valence-corrected chi connectivity index (χ1v) is 10.7. The lowest BCUT2D eigenvalue weighted by Crippen LogP contribution is -2.46. The number of nitrogens with zero attached hydrogens (tertiary/aromatic N) is 1. The van der Waals surface area contributed by atoms with Gasteiger partial charge >= 0.3 is 0 Å². The maximum absolute atomic E-state index is 13.1. The SMILES string of the molecule is O=C(c1ccoc1)N1CCC(CNC(=O)C2(c3cccs3)CCCC2)CC1. The minimum absolute atomic E-state index is 0.0360. The van der Waals surface area contributed by atoms with Gasteiger partial charge in [0, 0.05) is 24.5 Å². The Morgan fingerprint density at radius 1 is 1.22 bits per heavy atom. The Morgan fingerprint density at radius 3 is 2.63 bits per heavy atom. The van der Waals surface area contributed by atoms with Crippen LogP contribution in [-0.4, -0.2) is 36.3 Å². The highest BCUT2D eigenvalue weighted by Crippen LogP contribution is 2.43. The van der Waals surface area contributed by atoms with E-state index in [0.29, 0.717) is 18.0 Å². The van der Waals surface area contributed by atoms with Gasteiger partial charge in [-0.25, -0.2) is 0 Å². The second-order valence-electron chi connectivity index (χ2n) is 7.72. The molecule has 5 nitrogen and oxygen atoms in total. The maximum atomic E-state index is 13.1. The third kappa shape index (κ3) is 3.68. The van der Waals surface area contributed by atoms with Crippen molar-refractivity contribution in [3.8, 4) is 0 Å². The third-order valence-corrected chi connectivity index (χ3v) is 7.18. The molecule has 1 saturated heterocycles. The zero-order valence-corrected chi connectivity index (χ0v) is 16.3. The van der Waals surface area contributed by atoms with Crippen LogP contribution in [0, 0.1) is 5.92 Å². The molecule has 2 amide bonds. The largest absolute Gasteiger partial charge is 0.472 e. The van der Waals surface area contributed by atoms with Gasteiger partial charge in [-0.3, -0.25) is 9.59 Å². The molecule has 2 aromatic heterocycles. The standard InChI is InChI=1S/C21H26N2O3S/c24-19(17-7-12-26-15-17)23-10-5-16(6-11-23)14-22-20(25)21(8-1-2-9-21)18-4-3-13-27-18/h3-4,7,12-13,15-16H,1-2,5-6,8-11,14H2,(H,22,25). The van der Waals surface area contributed by atoms with E-state index in [1.54, 1.807) is 17.4 Å². The first-order chi connectivity index (χ1) is 13.2. The summed E-state index contributed by atoms with van der Waals surface area (Å²) in [4.78, 5) is 28.5. The molecule has 2 aliphatic rings. The van der Waals surface area contributed by atoms with Gasteiger partial charge in [0.05, 0.1) is 17.2 Å². The van der Waals surface area contributed by atoms with Crippen molar-refractivity contribution in [1.29, 1.82) is 0 Å². The number of carbonyl (C=O) groups is 2. The van der Waals surface area contributed by atoms with Gasteiger partial charge in [0.2, 0.25) is 5.91 Å². The molecule has 0 aromatic carbocycles. The van der Waals surface area contributed by atoms with Crippen molar-refractivity contribution in [2.45, 2.75) is 43.9 Å². The number of nitrogens with one attached hydrogen (secondary N) is 1. The van der Waals surface area contributed by atoms with E-state index in [2.05, 4.69) is 16.8 Å². The van der Waals surface area contributed by atoms with E-state index in [9.17, 15) is 9.59 Å². The second kappa shape index (κ2) is 7.89. The molecule has 27 heavy (non-hydrogen) atoms. The van der Waals surface area contributed by atoms with Crippen molar-refractivity contribution >= 4 is 23.2 Å². The number of hydrogen-bond acceptors (Lipinski definition) is 4. The summed E-state index contributed by atoms with van der Waals surface area (Å²) >= 11 is 1.70. The summed E-state index contributed by atoms with van der Waals surface area (Å²) < 4.78 is 5.01. The van der Waals surface area contributed by atoms with Gasteiger partial charge in [-0.2, -0.15) is 0 Å². The van der Waals surface area contributed by atoms with Crippen LogP contribution in [0.2, 0.25) is 0 Å². The quantitative estimate of drug-likeness (QED) is 0.850. The second-order valence-corrected chi connectivity index (χ2v) is 8.67. The van der Waals surface area contributed by atoms with Crippen LogP contribution in [-0.2, 0) is 10.2 Å². The predicted molar refractivity (Wildman–Crippen MR) is 105 cm³/mol. The summed E-state index contributed by atoms with van der Waals surface area (Å²) in [7, 11) is 0. The topological polar surface area (TPSA) is 62.6 Å². The Morgan fingerprint density at radius 2 is 2.00 bits per heavy atom. The van der Waals surface area contributed by atoms with Crippen LogP contribution in [0.1, 0.15) is 53.8 Å². The molecule has 0 radical (unpaired) electrons. The summed E-state index contributed by atoms with van der Waals surface area (Å²) in [5.41, 5.74) is 0.299. The van der Waals surface area contributed by atoms with Crippen molar-refractivity contribution in [3.05, 3.63) is 46.5 Å². The molecule has 1 saturated carbocycles. The van der Waals surface area contributed by atoms with Crippen molar-refractivity contribution in [1.82, 2.24) is 10.2 Å². The highest BCUT2D eigenvalue weighted by Gasteiger charge is 2.43. The summed E-state index contributed by atoms with van der Waals surface area (Å²) in [5, 5.41) is 5.31. The fourth-order valence-electron chi connectivity index (χ4n) is 4.43. The molecule has 4 rings (SSSR count). The summed E-state index contributed by atoms with van der Waals surface area (Å²) in [6, 6.07) is 5.86. The molecule has 0 spiro atoms. The first-order valence-electron chi connectivity index (χ1n) is 9.83. The average molecular weight is 387 g/mol. The maximum Gasteiger partial charge on any atom is 0.257 e. The lowest BCUT2D eigenvalue weighted by molar-refractivity contribution is -0.126. The Hall–Kier alpha value is -2.08. The van der Waals surface area contributed by atoms with Crippen LogP contribution in [0.3, 0.4) is 0 Å². The minimum Gasteiger partial charge on any atom is -0.472 e. The van der Waals surface area contributed by atoms with Crippen LogP contribution in [0.4, 0.5) is 0 Å². The molecule has 6 heteroatoms. The zero-order chi connectivity index (χ0) is 18.7. The van der Waals surface area contributed by atoms with Gasteiger partial charge < -0.3 is 14.6 Å². The van der Waals surface area contributed by atoms with E-state index in [-0.39, 0.29) is 17.2 Å². The number of piperidine rings is 1. The highest BCUT2D eigenvalue weighted by molar-refractivity contribution is 7.10.